The van der Waals surface area contributed by atoms with E-state index >= 15 is 0 Å². The Morgan fingerprint density at radius 1 is 0.708 bits per heavy atom. The molecule has 4 saturated carbocycles. The summed E-state index contributed by atoms with van der Waals surface area (Å²) in [5.74, 6) is -1.06. The zero-order chi connectivity index (χ0) is 47.6. The number of carboxylic acids is 1. The Morgan fingerprint density at radius 3 is 2.00 bits per heavy atom. The van der Waals surface area contributed by atoms with Crippen LogP contribution in [0.1, 0.15) is 120 Å². The molecule has 0 aromatic rings. The molecule has 372 valence electrons. The van der Waals surface area contributed by atoms with Gasteiger partial charge in [0.15, 0.2) is 25.0 Å². The van der Waals surface area contributed by atoms with E-state index < -0.39 is 116 Å². The molecule has 24 atom stereocenters. The summed E-state index contributed by atoms with van der Waals surface area (Å²) in [6.45, 7) is 16.7. The molecule has 3 heterocycles. The topological polar surface area (TPSA) is 275 Å². The predicted octanol–water partition coefficient (Wildman–Crippen LogP) is 1.73. The van der Waals surface area contributed by atoms with Crippen molar-refractivity contribution in [2.75, 3.05) is 13.2 Å². The lowest BCUT2D eigenvalue weighted by Crippen LogP contribution is -2.67. The summed E-state index contributed by atoms with van der Waals surface area (Å²) < 4.78 is 36.7. The Kier molecular flexibility index (Phi) is 13.4. The third-order valence-corrected chi connectivity index (χ3v) is 19.2. The third-order valence-electron chi connectivity index (χ3n) is 19.2. The van der Waals surface area contributed by atoms with Gasteiger partial charge in [-0.3, -0.25) is 0 Å². The number of hydrogen-bond donors (Lipinski definition) is 10. The van der Waals surface area contributed by atoms with Gasteiger partial charge in [0.1, 0.15) is 48.8 Å². The normalized spacial score (nSPS) is 55.5. The number of carboxylic acid groups (broad SMARTS) is 1. The van der Waals surface area contributed by atoms with Crippen molar-refractivity contribution in [1.29, 1.82) is 0 Å². The SMILES string of the molecule is C[C@@H]1O[C@@H](O[C@H]2[C@H](O[C@H]3[C@H](OC4CC(C)(CO)C5CCC6(C)C(CC=C7C8CC(C)(C)CC(O)C8(C)CCC76C)C5(C)C4)O[C@H](C(=O)O)C(O)[C@@H]3O)O[C@H](CO)[C@H](O)[C@@H]2O)[C@H](O)C[C@H]1O. The number of rotatable bonds is 9. The van der Waals surface area contributed by atoms with Gasteiger partial charge in [-0.05, 0) is 110 Å². The molecule has 0 bridgehead atoms. The second kappa shape index (κ2) is 17.5. The molecule has 8 aliphatic rings. The van der Waals surface area contributed by atoms with Gasteiger partial charge in [-0.2, -0.15) is 0 Å². The predicted molar refractivity (Wildman–Crippen MR) is 229 cm³/mol. The van der Waals surface area contributed by atoms with Gasteiger partial charge in [-0.15, -0.1) is 0 Å². The maximum Gasteiger partial charge on any atom is 0.335 e. The van der Waals surface area contributed by atoms with E-state index in [1.807, 2.05) is 0 Å². The van der Waals surface area contributed by atoms with Crippen LogP contribution in [0.25, 0.3) is 0 Å². The average molecular weight is 927 g/mol. The molecule has 0 spiro atoms. The van der Waals surface area contributed by atoms with Gasteiger partial charge in [-0.25, -0.2) is 4.79 Å². The minimum Gasteiger partial charge on any atom is -0.479 e. The lowest BCUT2D eigenvalue weighted by atomic mass is 9.33. The molecule has 11 unspecified atom stereocenters. The second-order valence-electron chi connectivity index (χ2n) is 23.7. The molecule has 17 heteroatoms. The van der Waals surface area contributed by atoms with E-state index in [-0.39, 0.29) is 58.5 Å². The number of allylic oxidation sites excluding steroid dienone is 2. The first kappa shape index (κ1) is 50.0. The molecule has 8 rings (SSSR count). The molecule has 65 heavy (non-hydrogen) atoms. The number of ether oxygens (including phenoxy) is 6. The molecule has 0 radical (unpaired) electrons. The lowest BCUT2D eigenvalue weighted by Gasteiger charge is -2.71. The maximum absolute atomic E-state index is 12.5. The Labute approximate surface area is 382 Å². The molecule has 0 aromatic heterocycles. The van der Waals surface area contributed by atoms with Crippen LogP contribution in [-0.4, -0.2) is 168 Å². The number of aliphatic carboxylic acids is 1. The average Bonchev–Trinajstić information content (AvgIpc) is 3.22. The molecule has 0 amide bonds. The Hall–Kier alpha value is -1.39. The van der Waals surface area contributed by atoms with Gasteiger partial charge < -0.3 is 79.5 Å². The van der Waals surface area contributed by atoms with Crippen LogP contribution in [0.2, 0.25) is 0 Å². The summed E-state index contributed by atoms with van der Waals surface area (Å²) in [4.78, 5) is 12.5. The van der Waals surface area contributed by atoms with Crippen LogP contribution in [-0.2, 0) is 33.2 Å². The van der Waals surface area contributed by atoms with E-state index in [0.29, 0.717) is 12.8 Å². The summed E-state index contributed by atoms with van der Waals surface area (Å²) in [6, 6.07) is 0. The molecule has 0 aromatic carbocycles. The van der Waals surface area contributed by atoms with Gasteiger partial charge in [-0.1, -0.05) is 60.1 Å². The van der Waals surface area contributed by atoms with Crippen molar-refractivity contribution in [2.45, 2.75) is 218 Å². The Balaban J connectivity index is 1.10. The summed E-state index contributed by atoms with van der Waals surface area (Å²) >= 11 is 0. The van der Waals surface area contributed by atoms with Crippen LogP contribution in [0.3, 0.4) is 0 Å². The van der Waals surface area contributed by atoms with Gasteiger partial charge in [0, 0.05) is 18.4 Å². The van der Waals surface area contributed by atoms with Crippen molar-refractivity contribution >= 4 is 5.97 Å². The third kappa shape index (κ3) is 8.09. The highest BCUT2D eigenvalue weighted by molar-refractivity contribution is 5.73. The van der Waals surface area contributed by atoms with Crippen LogP contribution in [0.4, 0.5) is 0 Å². The van der Waals surface area contributed by atoms with E-state index in [4.69, 9.17) is 28.4 Å². The minimum absolute atomic E-state index is 0.00110. The number of aliphatic hydroxyl groups is 9. The first-order valence-electron chi connectivity index (χ1n) is 24.1. The number of aliphatic hydroxyl groups excluding tert-OH is 9. The van der Waals surface area contributed by atoms with E-state index in [0.717, 1.165) is 44.9 Å². The molecule has 7 fully saturated rings. The minimum atomic E-state index is -2.03. The van der Waals surface area contributed by atoms with Gasteiger partial charge in [0.25, 0.3) is 0 Å². The van der Waals surface area contributed by atoms with Gasteiger partial charge in [0.2, 0.25) is 0 Å². The smallest absolute Gasteiger partial charge is 0.335 e. The van der Waals surface area contributed by atoms with E-state index in [2.05, 4.69) is 54.5 Å². The number of hydrogen-bond acceptors (Lipinski definition) is 16. The van der Waals surface area contributed by atoms with Crippen molar-refractivity contribution in [3.05, 3.63) is 11.6 Å². The summed E-state index contributed by atoms with van der Waals surface area (Å²) in [5, 5.41) is 109. The van der Waals surface area contributed by atoms with Crippen LogP contribution in [0.5, 0.6) is 0 Å². The molecular formula is C48H78O17. The van der Waals surface area contributed by atoms with Crippen molar-refractivity contribution in [3.8, 4) is 0 Å². The fraction of sp³-hybridized carbons (Fsp3) is 0.938. The van der Waals surface area contributed by atoms with E-state index in [9.17, 15) is 55.9 Å². The zero-order valence-corrected chi connectivity index (χ0v) is 39.4. The standard InChI is InChI=1S/C48H78O17/c1-22-26(51)15-27(52)40(60-22)64-37-33(55)32(54)28(20-49)62-42(37)65-38-35(57)34(56)36(39(58)59)63-41(38)61-23-16-44(4,21-50)29-11-12-48(8)30(46(29,6)17-23)10-9-24-25-18-43(2,3)19-31(53)45(25,5)13-14-47(24,48)7/h9,22-23,25-38,40-42,49-57H,10-21H2,1-8H3,(H,58,59)/t22-,23?,25?,26+,27+,28+,29?,30?,31?,32-,33-,34?,35-,36-,37+,38+,40-,41+,42-,44?,45?,46?,47?,48?/m0/s1. The van der Waals surface area contributed by atoms with Crippen LogP contribution < -0.4 is 0 Å². The van der Waals surface area contributed by atoms with Gasteiger partial charge in [0.05, 0.1) is 31.0 Å². The molecule has 3 aliphatic heterocycles. The van der Waals surface area contributed by atoms with Crippen LogP contribution >= 0.6 is 0 Å². The van der Waals surface area contributed by atoms with Crippen LogP contribution in [0.15, 0.2) is 11.6 Å². The summed E-state index contributed by atoms with van der Waals surface area (Å²) in [6.07, 6.45) is -13.9. The zero-order valence-electron chi connectivity index (χ0n) is 39.4. The first-order valence-corrected chi connectivity index (χ1v) is 24.1. The first-order chi connectivity index (χ1) is 30.3. The highest BCUT2D eigenvalue weighted by Crippen LogP contribution is 2.76. The Bertz CT molecular complexity index is 1780. The largest absolute Gasteiger partial charge is 0.479 e. The van der Waals surface area contributed by atoms with Crippen molar-refractivity contribution < 1.29 is 84.3 Å². The highest BCUT2D eigenvalue weighted by atomic mass is 16.8. The fourth-order valence-corrected chi connectivity index (χ4v) is 15.1. The monoisotopic (exact) mass is 927 g/mol. The lowest BCUT2D eigenvalue weighted by molar-refractivity contribution is -0.391. The van der Waals surface area contributed by atoms with Crippen LogP contribution in [0, 0.1) is 50.2 Å². The van der Waals surface area contributed by atoms with Crippen molar-refractivity contribution in [2.24, 2.45) is 50.2 Å². The summed E-state index contributed by atoms with van der Waals surface area (Å²) in [7, 11) is 0. The number of carbonyl (C=O) groups is 1. The number of fused-ring (bicyclic) bond motifs is 7. The molecule has 5 aliphatic carbocycles. The van der Waals surface area contributed by atoms with Crippen molar-refractivity contribution in [3.63, 3.8) is 0 Å². The quantitative estimate of drug-likeness (QED) is 0.117. The molecule has 17 nitrogen and oxygen atoms in total. The van der Waals surface area contributed by atoms with E-state index in [1.165, 1.54) is 5.57 Å². The maximum atomic E-state index is 12.5. The second-order valence-corrected chi connectivity index (χ2v) is 23.7. The fourth-order valence-electron chi connectivity index (χ4n) is 15.1. The Morgan fingerprint density at radius 2 is 1.35 bits per heavy atom. The van der Waals surface area contributed by atoms with Gasteiger partial charge >= 0.3 is 5.97 Å². The molecular weight excluding hydrogens is 849 g/mol. The summed E-state index contributed by atoms with van der Waals surface area (Å²) in [5.41, 5.74) is -0.0811. The molecule has 3 saturated heterocycles. The highest BCUT2D eigenvalue weighted by Gasteiger charge is 2.69. The van der Waals surface area contributed by atoms with E-state index in [1.54, 1.807) is 6.92 Å². The molecule has 10 N–H and O–H groups in total. The van der Waals surface area contributed by atoms with Crippen molar-refractivity contribution in [1.82, 2.24) is 0 Å².